The lowest BCUT2D eigenvalue weighted by atomic mass is 9.82. The number of fused-ring (bicyclic) bond motifs is 5. The van der Waals surface area contributed by atoms with Crippen molar-refractivity contribution >= 4 is 32.3 Å². The summed E-state index contributed by atoms with van der Waals surface area (Å²) in [6.45, 7) is 0. The second-order valence-electron chi connectivity index (χ2n) is 11.1. The highest BCUT2D eigenvalue weighted by atomic mass is 14.7. The highest BCUT2D eigenvalue weighted by molar-refractivity contribution is 6.28. The summed E-state index contributed by atoms with van der Waals surface area (Å²) in [6, 6.07) is 52.9. The minimum absolute atomic E-state index is 1.02. The Bertz CT molecular complexity index is 2330. The van der Waals surface area contributed by atoms with Crippen molar-refractivity contribution in [3.8, 4) is 55.8 Å². The van der Waals surface area contributed by atoms with E-state index >= 15 is 0 Å². The van der Waals surface area contributed by atoms with Crippen LogP contribution in [0.15, 0.2) is 152 Å². The van der Waals surface area contributed by atoms with Crippen molar-refractivity contribution in [2.45, 2.75) is 0 Å². The Morgan fingerprint density at radius 3 is 1.62 bits per heavy atom. The van der Waals surface area contributed by atoms with Crippen LogP contribution in [0.1, 0.15) is 0 Å². The van der Waals surface area contributed by atoms with Crippen LogP contribution in [0.3, 0.4) is 0 Å². The minimum Gasteiger partial charge on any atom is -0.256 e. The van der Waals surface area contributed by atoms with Gasteiger partial charge in [-0.3, -0.25) is 4.98 Å². The number of hydrogen-bond donors (Lipinski definition) is 0. The molecule has 0 fully saturated rings. The summed E-state index contributed by atoms with van der Waals surface area (Å²) in [5, 5.41) is 7.50. The quantitative estimate of drug-likeness (QED) is 0.221. The molecule has 0 unspecified atom stereocenters. The molecule has 1 heterocycles. The molecule has 0 saturated carbocycles. The summed E-state index contributed by atoms with van der Waals surface area (Å²) < 4.78 is 0. The van der Waals surface area contributed by atoms with Crippen molar-refractivity contribution in [1.29, 1.82) is 0 Å². The normalized spacial score (nSPS) is 11.8. The number of benzene rings is 7. The third-order valence-electron chi connectivity index (χ3n) is 8.80. The lowest BCUT2D eigenvalue weighted by molar-refractivity contribution is 1.36. The molecule has 0 N–H and O–H groups in total. The predicted molar refractivity (Wildman–Crippen MR) is 177 cm³/mol. The average molecular weight is 532 g/mol. The Hall–Kier alpha value is -5.53. The van der Waals surface area contributed by atoms with Gasteiger partial charge in [0.25, 0.3) is 0 Å². The first kappa shape index (κ1) is 23.2. The van der Waals surface area contributed by atoms with Crippen LogP contribution in [0.4, 0.5) is 0 Å². The molecule has 194 valence electrons. The third kappa shape index (κ3) is 3.28. The molecule has 1 nitrogen and oxygen atoms in total. The van der Waals surface area contributed by atoms with E-state index in [1.54, 1.807) is 0 Å². The molecule has 8 aromatic rings. The fourth-order valence-electron chi connectivity index (χ4n) is 7.11. The summed E-state index contributed by atoms with van der Waals surface area (Å²) in [6.07, 6.45) is 1.93. The molecule has 0 spiro atoms. The second-order valence-corrected chi connectivity index (χ2v) is 11.1. The van der Waals surface area contributed by atoms with Gasteiger partial charge in [0.2, 0.25) is 0 Å². The van der Waals surface area contributed by atoms with Gasteiger partial charge in [0.05, 0.1) is 5.69 Å². The monoisotopic (exact) mass is 531 g/mol. The van der Waals surface area contributed by atoms with Gasteiger partial charge in [-0.1, -0.05) is 127 Å². The summed E-state index contributed by atoms with van der Waals surface area (Å²) in [7, 11) is 0. The predicted octanol–water partition coefficient (Wildman–Crippen LogP) is 11.2. The van der Waals surface area contributed by atoms with Crippen molar-refractivity contribution in [2.75, 3.05) is 0 Å². The van der Waals surface area contributed by atoms with Gasteiger partial charge in [-0.25, -0.2) is 0 Å². The Kier molecular flexibility index (Phi) is 4.97. The fourth-order valence-corrected chi connectivity index (χ4v) is 7.11. The lowest BCUT2D eigenvalue weighted by Crippen LogP contribution is -1.93. The first-order chi connectivity index (χ1) is 20.9. The third-order valence-corrected chi connectivity index (χ3v) is 8.80. The van der Waals surface area contributed by atoms with Crippen LogP contribution in [0.5, 0.6) is 0 Å². The van der Waals surface area contributed by atoms with Crippen molar-refractivity contribution < 1.29 is 0 Å². The van der Waals surface area contributed by atoms with E-state index in [1.807, 2.05) is 6.20 Å². The molecule has 0 amide bonds. The van der Waals surface area contributed by atoms with Gasteiger partial charge in [-0.15, -0.1) is 0 Å². The number of nitrogens with zero attached hydrogens (tertiary/aromatic N) is 1. The van der Waals surface area contributed by atoms with E-state index in [2.05, 4.69) is 146 Å². The summed E-state index contributed by atoms with van der Waals surface area (Å²) in [5.41, 5.74) is 12.5. The fraction of sp³-hybridized carbons (Fsp3) is 0. The van der Waals surface area contributed by atoms with Gasteiger partial charge < -0.3 is 0 Å². The smallest absolute Gasteiger partial charge is 0.0780 e. The minimum atomic E-state index is 1.02. The SMILES string of the molecule is c1ccc(-c2c3c(c(-c4ccccc4)c4ccccc24)-c2cc(-c4nccc5ccccc45)cc4cccc-3c24)cc1. The topological polar surface area (TPSA) is 12.9 Å². The van der Waals surface area contributed by atoms with Crippen molar-refractivity contribution in [3.63, 3.8) is 0 Å². The van der Waals surface area contributed by atoms with Crippen LogP contribution < -0.4 is 0 Å². The zero-order chi connectivity index (χ0) is 27.6. The Balaban J connectivity index is 1.48. The van der Waals surface area contributed by atoms with Crippen molar-refractivity contribution in [1.82, 2.24) is 4.98 Å². The molecule has 9 rings (SSSR count). The molecule has 1 aliphatic rings. The maximum atomic E-state index is 4.93. The summed E-state index contributed by atoms with van der Waals surface area (Å²) in [4.78, 5) is 4.93. The van der Waals surface area contributed by atoms with E-state index < -0.39 is 0 Å². The van der Waals surface area contributed by atoms with Crippen LogP contribution in [-0.2, 0) is 0 Å². The molecule has 1 heteroatoms. The van der Waals surface area contributed by atoms with Crippen LogP contribution >= 0.6 is 0 Å². The van der Waals surface area contributed by atoms with Crippen molar-refractivity contribution in [2.24, 2.45) is 0 Å². The molecule has 0 saturated heterocycles. The molecule has 7 aromatic carbocycles. The van der Waals surface area contributed by atoms with Gasteiger partial charge in [0, 0.05) is 17.1 Å². The van der Waals surface area contributed by atoms with E-state index in [4.69, 9.17) is 4.98 Å². The maximum Gasteiger partial charge on any atom is 0.0780 e. The molecule has 0 aliphatic heterocycles. The number of pyridine rings is 1. The van der Waals surface area contributed by atoms with Gasteiger partial charge in [0.15, 0.2) is 0 Å². The molecule has 1 aromatic heterocycles. The molecule has 42 heavy (non-hydrogen) atoms. The number of rotatable bonds is 3. The molecular weight excluding hydrogens is 506 g/mol. The zero-order valence-electron chi connectivity index (χ0n) is 22.9. The number of aromatic nitrogens is 1. The summed E-state index contributed by atoms with van der Waals surface area (Å²) >= 11 is 0. The molecule has 0 bridgehead atoms. The van der Waals surface area contributed by atoms with Crippen molar-refractivity contribution in [3.05, 3.63) is 152 Å². The maximum absolute atomic E-state index is 4.93. The number of hydrogen-bond acceptors (Lipinski definition) is 1. The first-order valence-electron chi connectivity index (χ1n) is 14.5. The van der Waals surface area contributed by atoms with Gasteiger partial charge in [-0.2, -0.15) is 0 Å². The van der Waals surface area contributed by atoms with E-state index in [-0.39, 0.29) is 0 Å². The van der Waals surface area contributed by atoms with Gasteiger partial charge in [-0.05, 0) is 89.6 Å². The van der Waals surface area contributed by atoms with Crippen LogP contribution in [-0.4, -0.2) is 4.98 Å². The van der Waals surface area contributed by atoms with E-state index in [1.165, 1.54) is 76.8 Å². The highest BCUT2D eigenvalue weighted by Gasteiger charge is 2.31. The molecular formula is C41H25N. The van der Waals surface area contributed by atoms with E-state index in [0.717, 1.165) is 11.3 Å². The molecule has 0 radical (unpaired) electrons. The molecule has 1 aliphatic carbocycles. The Morgan fingerprint density at radius 2 is 0.929 bits per heavy atom. The zero-order valence-corrected chi connectivity index (χ0v) is 22.9. The molecule has 0 atom stereocenters. The van der Waals surface area contributed by atoms with Crippen LogP contribution in [0.25, 0.3) is 88.1 Å². The largest absolute Gasteiger partial charge is 0.256 e. The van der Waals surface area contributed by atoms with Gasteiger partial charge in [0.1, 0.15) is 0 Å². The first-order valence-corrected chi connectivity index (χ1v) is 14.5. The van der Waals surface area contributed by atoms with Gasteiger partial charge >= 0.3 is 0 Å². The Morgan fingerprint density at radius 1 is 0.357 bits per heavy atom. The summed E-state index contributed by atoms with van der Waals surface area (Å²) in [5.74, 6) is 0. The standard InChI is InChI=1S/C41H25N/c1-3-13-27(14-4-1)37-32-19-9-10-20-33(32)38(28-15-5-2-6-16-28)40-35-25-30(24-29-17-11-21-34(36(29)35)39(37)40)41-31-18-8-7-12-26(31)22-23-42-41/h1-25H. The van der Waals surface area contributed by atoms with E-state index in [9.17, 15) is 0 Å². The van der Waals surface area contributed by atoms with Crippen LogP contribution in [0.2, 0.25) is 0 Å². The van der Waals surface area contributed by atoms with E-state index in [0.29, 0.717) is 0 Å². The second kappa shape index (κ2) is 8.99. The average Bonchev–Trinajstić information content (AvgIpc) is 3.38. The lowest BCUT2D eigenvalue weighted by Gasteiger charge is -2.20. The highest BCUT2D eigenvalue weighted by Crippen LogP contribution is 2.58. The Labute approximate surface area is 244 Å². The van der Waals surface area contributed by atoms with Crippen LogP contribution in [0, 0.1) is 0 Å².